The van der Waals surface area contributed by atoms with Crippen LogP contribution in [0.1, 0.15) is 22.7 Å². The third-order valence-electron chi connectivity index (χ3n) is 4.64. The number of halogens is 3. The number of carbonyl (C=O) groups is 1. The second kappa shape index (κ2) is 8.00. The molecule has 1 aliphatic rings. The minimum Gasteiger partial charge on any atom is -0.504 e. The summed E-state index contributed by atoms with van der Waals surface area (Å²) in [7, 11) is 0. The number of alkyl halides is 3. The maximum absolute atomic E-state index is 10.6. The molecule has 0 aromatic heterocycles. The molecular weight excluding hydrogens is 387 g/mol. The SMILES string of the molecule is O=C(O)C(F)(F)F.Oc1cc2c(cc1O)C(c1ccc3ccccc3c1)NCC2. The number of aliphatic carboxylic acids is 1. The van der Waals surface area contributed by atoms with Crippen LogP contribution >= 0.6 is 0 Å². The maximum atomic E-state index is 10.6. The molecule has 0 bridgehead atoms. The Balaban J connectivity index is 0.000000298. The molecule has 0 spiro atoms. The maximum Gasteiger partial charge on any atom is 0.490 e. The monoisotopic (exact) mass is 405 g/mol. The van der Waals surface area contributed by atoms with Crippen molar-refractivity contribution in [3.63, 3.8) is 0 Å². The van der Waals surface area contributed by atoms with Gasteiger partial charge >= 0.3 is 12.1 Å². The number of phenols is 2. The van der Waals surface area contributed by atoms with Gasteiger partial charge in [-0.1, -0.05) is 36.4 Å². The number of nitrogens with one attached hydrogen (secondary N) is 1. The van der Waals surface area contributed by atoms with E-state index < -0.39 is 12.1 Å². The molecule has 3 aromatic carbocycles. The van der Waals surface area contributed by atoms with E-state index in [4.69, 9.17) is 9.90 Å². The third kappa shape index (κ3) is 4.60. The van der Waals surface area contributed by atoms with Gasteiger partial charge in [0, 0.05) is 6.54 Å². The van der Waals surface area contributed by atoms with E-state index >= 15 is 0 Å². The Morgan fingerprint density at radius 1 is 0.966 bits per heavy atom. The molecule has 1 aliphatic heterocycles. The van der Waals surface area contributed by atoms with Crippen molar-refractivity contribution < 1.29 is 33.3 Å². The van der Waals surface area contributed by atoms with Crippen LogP contribution in [0.3, 0.4) is 0 Å². The zero-order valence-electron chi connectivity index (χ0n) is 15.1. The third-order valence-corrected chi connectivity index (χ3v) is 4.64. The molecule has 29 heavy (non-hydrogen) atoms. The molecule has 1 unspecified atom stereocenters. The summed E-state index contributed by atoms with van der Waals surface area (Å²) in [5, 5.41) is 32.6. The highest BCUT2D eigenvalue weighted by atomic mass is 19.4. The van der Waals surface area contributed by atoms with Crippen LogP contribution in [-0.2, 0) is 11.2 Å². The van der Waals surface area contributed by atoms with Crippen molar-refractivity contribution in [2.24, 2.45) is 0 Å². The second-order valence-electron chi connectivity index (χ2n) is 6.59. The Bertz CT molecular complexity index is 1050. The van der Waals surface area contributed by atoms with Gasteiger partial charge in [-0.25, -0.2) is 4.79 Å². The Morgan fingerprint density at radius 2 is 1.59 bits per heavy atom. The van der Waals surface area contributed by atoms with Crippen molar-refractivity contribution in [1.82, 2.24) is 5.32 Å². The molecular formula is C21H18F3NO4. The van der Waals surface area contributed by atoms with Crippen LogP contribution in [-0.4, -0.2) is 34.0 Å². The predicted octanol–water partition coefficient (Wildman–Crippen LogP) is 4.12. The summed E-state index contributed by atoms with van der Waals surface area (Å²) in [4.78, 5) is 8.90. The molecule has 4 rings (SSSR count). The minimum atomic E-state index is -5.08. The van der Waals surface area contributed by atoms with Crippen LogP contribution in [0.2, 0.25) is 0 Å². The lowest BCUT2D eigenvalue weighted by molar-refractivity contribution is -0.192. The summed E-state index contributed by atoms with van der Waals surface area (Å²) >= 11 is 0. The number of hydrogen-bond donors (Lipinski definition) is 4. The van der Waals surface area contributed by atoms with Crippen molar-refractivity contribution in [2.75, 3.05) is 6.54 Å². The molecule has 5 nitrogen and oxygen atoms in total. The summed E-state index contributed by atoms with van der Waals surface area (Å²) in [5.74, 6) is -2.86. The van der Waals surface area contributed by atoms with Gasteiger partial charge in [-0.2, -0.15) is 13.2 Å². The number of carboxylic acids is 1. The van der Waals surface area contributed by atoms with E-state index in [0.717, 1.165) is 24.1 Å². The summed E-state index contributed by atoms with van der Waals surface area (Å²) in [6, 6.07) is 18.1. The normalized spacial score (nSPS) is 15.9. The molecule has 4 N–H and O–H groups in total. The Hall–Kier alpha value is -3.26. The lowest BCUT2D eigenvalue weighted by atomic mass is 9.88. The molecule has 0 saturated heterocycles. The molecule has 152 valence electrons. The molecule has 0 fully saturated rings. The zero-order valence-corrected chi connectivity index (χ0v) is 15.1. The number of fused-ring (bicyclic) bond motifs is 2. The fraction of sp³-hybridized carbons (Fsp3) is 0.190. The first kappa shape index (κ1) is 20.5. The van der Waals surface area contributed by atoms with E-state index in [9.17, 15) is 23.4 Å². The minimum absolute atomic E-state index is 0.0415. The predicted molar refractivity (Wildman–Crippen MR) is 101 cm³/mol. The van der Waals surface area contributed by atoms with E-state index in [-0.39, 0.29) is 17.5 Å². The standard InChI is InChI=1S/C19H17NO2.C2HF3O2/c21-17-10-14-7-8-20-19(16(14)11-18(17)22)15-6-5-12-3-1-2-4-13(12)9-15;3-2(4,5)1(6)7/h1-6,9-11,19-22H,7-8H2;(H,6,7). The van der Waals surface area contributed by atoms with Crippen LogP contribution in [0.4, 0.5) is 13.2 Å². The number of hydrogen-bond acceptors (Lipinski definition) is 4. The van der Waals surface area contributed by atoms with Gasteiger partial charge in [-0.05, 0) is 52.1 Å². The van der Waals surface area contributed by atoms with Gasteiger partial charge in [0.25, 0.3) is 0 Å². The van der Waals surface area contributed by atoms with Gasteiger partial charge in [-0.3, -0.25) is 0 Å². The zero-order chi connectivity index (χ0) is 21.2. The van der Waals surface area contributed by atoms with Gasteiger partial charge in [0.05, 0.1) is 6.04 Å². The Kier molecular flexibility index (Phi) is 5.65. The van der Waals surface area contributed by atoms with Crippen molar-refractivity contribution in [2.45, 2.75) is 18.6 Å². The number of benzene rings is 3. The van der Waals surface area contributed by atoms with Crippen LogP contribution in [0, 0.1) is 0 Å². The van der Waals surface area contributed by atoms with E-state index in [2.05, 4.69) is 35.6 Å². The number of rotatable bonds is 1. The average Bonchev–Trinajstić information content (AvgIpc) is 2.68. The molecule has 1 heterocycles. The van der Waals surface area contributed by atoms with Crippen LogP contribution in [0.25, 0.3) is 10.8 Å². The first-order valence-corrected chi connectivity index (χ1v) is 8.74. The summed E-state index contributed by atoms with van der Waals surface area (Å²) in [6.45, 7) is 0.856. The fourth-order valence-corrected chi connectivity index (χ4v) is 3.27. The van der Waals surface area contributed by atoms with Crippen LogP contribution in [0.15, 0.2) is 54.6 Å². The Morgan fingerprint density at radius 3 is 2.24 bits per heavy atom. The van der Waals surface area contributed by atoms with Gasteiger partial charge in [-0.15, -0.1) is 0 Å². The molecule has 0 saturated carbocycles. The van der Waals surface area contributed by atoms with Crippen molar-refractivity contribution in [3.05, 3.63) is 71.3 Å². The van der Waals surface area contributed by atoms with E-state index in [1.54, 1.807) is 12.1 Å². The van der Waals surface area contributed by atoms with Gasteiger partial charge < -0.3 is 20.6 Å². The summed E-state index contributed by atoms with van der Waals surface area (Å²) in [6.07, 6.45) is -4.23. The topological polar surface area (TPSA) is 89.8 Å². The smallest absolute Gasteiger partial charge is 0.490 e. The fourth-order valence-electron chi connectivity index (χ4n) is 3.27. The van der Waals surface area contributed by atoms with Crippen molar-refractivity contribution >= 4 is 16.7 Å². The quantitative estimate of drug-likeness (QED) is 0.458. The van der Waals surface area contributed by atoms with E-state index in [1.807, 2.05) is 12.1 Å². The second-order valence-corrected chi connectivity index (χ2v) is 6.59. The largest absolute Gasteiger partial charge is 0.504 e. The molecule has 3 aromatic rings. The summed E-state index contributed by atoms with van der Waals surface area (Å²) in [5.41, 5.74) is 3.30. The highest BCUT2D eigenvalue weighted by Crippen LogP contribution is 2.36. The van der Waals surface area contributed by atoms with Crippen LogP contribution in [0.5, 0.6) is 11.5 Å². The van der Waals surface area contributed by atoms with Crippen molar-refractivity contribution in [3.8, 4) is 11.5 Å². The number of carboxylic acid groups (broad SMARTS) is 1. The molecule has 1 atom stereocenters. The molecule has 8 heteroatoms. The van der Waals surface area contributed by atoms with Gasteiger partial charge in [0.15, 0.2) is 11.5 Å². The molecule has 0 amide bonds. The Labute approximate surface area is 164 Å². The van der Waals surface area contributed by atoms with E-state index in [1.165, 1.54) is 16.3 Å². The highest BCUT2D eigenvalue weighted by molar-refractivity contribution is 5.83. The van der Waals surface area contributed by atoms with Crippen molar-refractivity contribution in [1.29, 1.82) is 0 Å². The lowest BCUT2D eigenvalue weighted by Crippen LogP contribution is -2.30. The highest BCUT2D eigenvalue weighted by Gasteiger charge is 2.38. The number of aromatic hydroxyl groups is 2. The summed E-state index contributed by atoms with van der Waals surface area (Å²) < 4.78 is 31.7. The van der Waals surface area contributed by atoms with Crippen LogP contribution < -0.4 is 5.32 Å². The number of phenolic OH excluding ortho intramolecular Hbond substituents is 2. The first-order chi connectivity index (χ1) is 13.7. The van der Waals surface area contributed by atoms with E-state index in [0.29, 0.717) is 0 Å². The van der Waals surface area contributed by atoms with Gasteiger partial charge in [0.2, 0.25) is 0 Å². The molecule has 0 aliphatic carbocycles. The average molecular weight is 405 g/mol. The lowest BCUT2D eigenvalue weighted by Gasteiger charge is -2.28. The molecule has 0 radical (unpaired) electrons. The first-order valence-electron chi connectivity index (χ1n) is 8.74. The van der Waals surface area contributed by atoms with Gasteiger partial charge in [0.1, 0.15) is 0 Å².